The first-order valence-corrected chi connectivity index (χ1v) is 15.1. The van der Waals surface area contributed by atoms with Crippen LogP contribution in [0.15, 0.2) is 47.6 Å². The number of hydrogen-bond donors (Lipinski definition) is 3. The van der Waals surface area contributed by atoms with Gasteiger partial charge in [0.2, 0.25) is 17.7 Å². The number of hydrogen-bond acceptors (Lipinski definition) is 10. The molecular formula is C29H36N6O6S. The number of rotatable bonds is 9. The number of thioether (sulfide) groups is 1. The zero-order chi connectivity index (χ0) is 29.5. The van der Waals surface area contributed by atoms with Crippen molar-refractivity contribution in [3.05, 3.63) is 48.0 Å². The molecular weight excluding hydrogens is 560 g/mol. The summed E-state index contributed by atoms with van der Waals surface area (Å²) in [6.07, 6.45) is 1.04. The average Bonchev–Trinajstić information content (AvgIpc) is 3.19. The van der Waals surface area contributed by atoms with E-state index in [4.69, 9.17) is 14.2 Å². The fourth-order valence-corrected chi connectivity index (χ4v) is 6.06. The van der Waals surface area contributed by atoms with Crippen LogP contribution >= 0.6 is 11.8 Å². The standard InChI is InChI=1S/C29H36N6O6S/c1-39-20-7-8-22(24(17-20)40-2)34-13-15-35(16-14-34)28(38)29(9-11-30-12-10-29)31-25(36)18-42-19-26-32-33-27(37)21-5-3-4-6-23(21)41-26/h3-8,17,30H,9-16,18-19H2,1-2H3,(H,31,36)(H,33,37). The van der Waals surface area contributed by atoms with Crippen molar-refractivity contribution < 1.29 is 28.6 Å². The van der Waals surface area contributed by atoms with Crippen molar-refractivity contribution in [3.63, 3.8) is 0 Å². The van der Waals surface area contributed by atoms with Crippen LogP contribution in [0.4, 0.5) is 5.69 Å². The van der Waals surface area contributed by atoms with Crippen molar-refractivity contribution in [2.24, 2.45) is 5.10 Å². The minimum atomic E-state index is -0.952. The van der Waals surface area contributed by atoms with E-state index in [2.05, 4.69) is 26.1 Å². The van der Waals surface area contributed by atoms with Crippen LogP contribution in [0.1, 0.15) is 23.2 Å². The Hall–Kier alpha value is -3.97. The van der Waals surface area contributed by atoms with E-state index in [9.17, 15) is 14.4 Å². The Morgan fingerprint density at radius 2 is 1.83 bits per heavy atom. The molecule has 0 unspecified atom stereocenters. The van der Waals surface area contributed by atoms with Gasteiger partial charge in [0, 0.05) is 32.2 Å². The van der Waals surface area contributed by atoms with Crippen LogP contribution in [0.25, 0.3) is 0 Å². The number of carbonyl (C=O) groups is 3. The van der Waals surface area contributed by atoms with Gasteiger partial charge in [0.15, 0.2) is 0 Å². The van der Waals surface area contributed by atoms with Crippen molar-refractivity contribution in [2.45, 2.75) is 18.4 Å². The first kappa shape index (κ1) is 29.5. The molecule has 13 heteroatoms. The first-order chi connectivity index (χ1) is 20.4. The lowest BCUT2D eigenvalue weighted by molar-refractivity contribution is -0.143. The Morgan fingerprint density at radius 3 is 2.57 bits per heavy atom. The number of nitrogens with one attached hydrogen (secondary N) is 3. The fraction of sp³-hybridized carbons (Fsp3) is 0.448. The van der Waals surface area contributed by atoms with E-state index in [-0.39, 0.29) is 29.2 Å². The minimum Gasteiger partial charge on any atom is -0.497 e. The van der Waals surface area contributed by atoms with Gasteiger partial charge in [-0.15, -0.1) is 16.9 Å². The summed E-state index contributed by atoms with van der Waals surface area (Å²) >= 11 is 1.30. The summed E-state index contributed by atoms with van der Waals surface area (Å²) in [5, 5.41) is 10.4. The highest BCUT2D eigenvalue weighted by Gasteiger charge is 2.44. The molecule has 3 heterocycles. The predicted octanol–water partition coefficient (Wildman–Crippen LogP) is 1.46. The predicted molar refractivity (Wildman–Crippen MR) is 161 cm³/mol. The van der Waals surface area contributed by atoms with Gasteiger partial charge in [-0.2, -0.15) is 0 Å². The summed E-state index contributed by atoms with van der Waals surface area (Å²) in [4.78, 5) is 43.3. The van der Waals surface area contributed by atoms with E-state index in [1.807, 2.05) is 23.1 Å². The second kappa shape index (κ2) is 13.3. The summed E-state index contributed by atoms with van der Waals surface area (Å²) in [6.45, 7) is 3.66. The third-order valence-corrected chi connectivity index (χ3v) is 8.56. The summed E-state index contributed by atoms with van der Waals surface area (Å²) in [5.74, 6) is 1.94. The van der Waals surface area contributed by atoms with E-state index >= 15 is 0 Å². The van der Waals surface area contributed by atoms with E-state index in [1.54, 1.807) is 38.5 Å². The maximum Gasteiger partial charge on any atom is 0.275 e. The van der Waals surface area contributed by atoms with Crippen LogP contribution in [0.5, 0.6) is 17.2 Å². The second-order valence-corrected chi connectivity index (χ2v) is 11.2. The molecule has 2 aromatic carbocycles. The molecule has 0 aliphatic carbocycles. The molecule has 0 spiro atoms. The highest BCUT2D eigenvalue weighted by atomic mass is 32.2. The molecule has 0 aromatic heterocycles. The Kier molecular flexibility index (Phi) is 9.38. The maximum absolute atomic E-state index is 13.9. The van der Waals surface area contributed by atoms with Gasteiger partial charge in [-0.1, -0.05) is 12.1 Å². The van der Waals surface area contributed by atoms with Crippen LogP contribution in [-0.4, -0.2) is 99.1 Å². The largest absolute Gasteiger partial charge is 0.497 e. The molecule has 2 saturated heterocycles. The Bertz CT molecular complexity index is 1340. The molecule has 3 aliphatic rings. The highest BCUT2D eigenvalue weighted by Crippen LogP contribution is 2.33. The molecule has 3 N–H and O–H groups in total. The minimum absolute atomic E-state index is 0.0421. The van der Waals surface area contributed by atoms with Crippen LogP contribution in [0.2, 0.25) is 0 Å². The van der Waals surface area contributed by atoms with E-state index in [1.165, 1.54) is 11.8 Å². The number of nitrogens with zero attached hydrogens (tertiary/aromatic N) is 3. The van der Waals surface area contributed by atoms with Gasteiger partial charge in [0.05, 0.1) is 37.0 Å². The second-order valence-electron chi connectivity index (χ2n) is 10.2. The number of benzene rings is 2. The molecule has 3 aliphatic heterocycles. The highest BCUT2D eigenvalue weighted by molar-refractivity contribution is 8.00. The van der Waals surface area contributed by atoms with Crippen molar-refractivity contribution in [1.29, 1.82) is 0 Å². The number of methoxy groups -OCH3 is 2. The van der Waals surface area contributed by atoms with Crippen LogP contribution in [-0.2, 0) is 9.59 Å². The van der Waals surface area contributed by atoms with Crippen LogP contribution < -0.4 is 35.2 Å². The van der Waals surface area contributed by atoms with Gasteiger partial charge < -0.3 is 34.6 Å². The molecule has 2 aromatic rings. The van der Waals surface area contributed by atoms with Crippen molar-refractivity contribution in [2.75, 3.05) is 69.9 Å². The average molecular weight is 597 g/mol. The Balaban J connectivity index is 1.17. The van der Waals surface area contributed by atoms with Gasteiger partial charge in [-0.05, 0) is 50.2 Å². The van der Waals surface area contributed by atoms with E-state index < -0.39 is 5.54 Å². The fourth-order valence-electron chi connectivity index (χ4n) is 5.41. The number of ether oxygens (including phenoxy) is 3. The Labute approximate surface area is 249 Å². The SMILES string of the molecule is COc1ccc(N2CCN(C(=O)C3(NC(=O)CSCC4=NNC(=O)c5ccccc5O4)CCNCC3)CC2)c(OC)c1. The molecule has 0 radical (unpaired) electrons. The monoisotopic (exact) mass is 596 g/mol. The van der Waals surface area contributed by atoms with Crippen molar-refractivity contribution >= 4 is 41.1 Å². The summed E-state index contributed by atoms with van der Waals surface area (Å²) in [6, 6.07) is 12.6. The number of piperazine rings is 1. The molecule has 0 bridgehead atoms. The normalized spacial score (nSPS) is 18.0. The lowest BCUT2D eigenvalue weighted by Gasteiger charge is -2.43. The zero-order valence-electron chi connectivity index (χ0n) is 23.8. The first-order valence-electron chi connectivity index (χ1n) is 13.9. The van der Waals surface area contributed by atoms with E-state index in [0.717, 1.165) is 17.2 Å². The molecule has 12 nitrogen and oxygen atoms in total. The smallest absolute Gasteiger partial charge is 0.275 e. The molecule has 0 atom stereocenters. The third kappa shape index (κ3) is 6.57. The third-order valence-electron chi connectivity index (χ3n) is 7.64. The number of para-hydroxylation sites is 1. The van der Waals surface area contributed by atoms with E-state index in [0.29, 0.717) is 69.3 Å². The molecule has 5 rings (SSSR count). The van der Waals surface area contributed by atoms with Gasteiger partial charge in [-0.25, -0.2) is 5.43 Å². The quantitative estimate of drug-likeness (QED) is 0.393. The van der Waals surface area contributed by atoms with Gasteiger partial charge in [-0.3, -0.25) is 14.4 Å². The maximum atomic E-state index is 13.9. The van der Waals surface area contributed by atoms with Gasteiger partial charge in [0.1, 0.15) is 22.8 Å². The summed E-state index contributed by atoms with van der Waals surface area (Å²) in [7, 11) is 3.25. The topological polar surface area (TPSA) is 134 Å². The number of amides is 3. The Morgan fingerprint density at radius 1 is 1.07 bits per heavy atom. The van der Waals surface area contributed by atoms with Gasteiger partial charge in [0.25, 0.3) is 5.91 Å². The van der Waals surface area contributed by atoms with Gasteiger partial charge >= 0.3 is 0 Å². The molecule has 42 heavy (non-hydrogen) atoms. The number of hydrazone groups is 1. The van der Waals surface area contributed by atoms with Crippen molar-refractivity contribution in [1.82, 2.24) is 21.0 Å². The molecule has 0 saturated carbocycles. The van der Waals surface area contributed by atoms with Crippen molar-refractivity contribution in [3.8, 4) is 17.2 Å². The lowest BCUT2D eigenvalue weighted by atomic mass is 9.86. The number of piperidine rings is 1. The zero-order valence-corrected chi connectivity index (χ0v) is 24.6. The number of anilines is 1. The lowest BCUT2D eigenvalue weighted by Crippen LogP contribution is -2.65. The van der Waals surface area contributed by atoms with Crippen LogP contribution in [0.3, 0.4) is 0 Å². The summed E-state index contributed by atoms with van der Waals surface area (Å²) < 4.78 is 16.7. The number of carbonyl (C=O) groups excluding carboxylic acids is 3. The van der Waals surface area contributed by atoms with Crippen LogP contribution in [0, 0.1) is 0 Å². The molecule has 224 valence electrons. The summed E-state index contributed by atoms with van der Waals surface area (Å²) in [5.41, 5.74) is 2.88. The molecule has 2 fully saturated rings. The number of fused-ring (bicyclic) bond motifs is 1. The molecule has 3 amide bonds.